The lowest BCUT2D eigenvalue weighted by Gasteiger charge is -2.19. The van der Waals surface area contributed by atoms with Gasteiger partial charge < -0.3 is 15.5 Å². The summed E-state index contributed by atoms with van der Waals surface area (Å²) in [6.07, 6.45) is 0. The third kappa shape index (κ3) is 5.40. The zero-order valence-electron chi connectivity index (χ0n) is 18.7. The van der Waals surface area contributed by atoms with Gasteiger partial charge in [0.1, 0.15) is 0 Å². The summed E-state index contributed by atoms with van der Waals surface area (Å²) in [5, 5.41) is 5.75. The van der Waals surface area contributed by atoms with Crippen molar-refractivity contribution in [2.75, 3.05) is 24.2 Å². The van der Waals surface area contributed by atoms with Crippen molar-refractivity contribution in [3.05, 3.63) is 94.5 Å². The van der Waals surface area contributed by atoms with Crippen LogP contribution in [0.25, 0.3) is 0 Å². The third-order valence-corrected chi connectivity index (χ3v) is 5.24. The Balaban J connectivity index is 1.69. The smallest absolute Gasteiger partial charge is 0.255 e. The number of benzene rings is 3. The number of anilines is 2. The van der Waals surface area contributed by atoms with Gasteiger partial charge in [-0.25, -0.2) is 0 Å². The molecular formula is C26H27N3O3. The maximum Gasteiger partial charge on any atom is 0.255 e. The molecule has 3 amide bonds. The molecule has 0 bridgehead atoms. The Morgan fingerprint density at radius 3 is 2.06 bits per heavy atom. The molecule has 0 saturated carbocycles. The van der Waals surface area contributed by atoms with Crippen molar-refractivity contribution in [1.29, 1.82) is 0 Å². The molecule has 0 heterocycles. The van der Waals surface area contributed by atoms with Gasteiger partial charge in [0.05, 0.1) is 6.54 Å². The minimum Gasteiger partial charge on any atom is -0.332 e. The van der Waals surface area contributed by atoms with E-state index < -0.39 is 0 Å². The molecule has 0 unspecified atom stereocenters. The largest absolute Gasteiger partial charge is 0.332 e. The average molecular weight is 430 g/mol. The van der Waals surface area contributed by atoms with Gasteiger partial charge in [-0.2, -0.15) is 0 Å². The normalized spacial score (nSPS) is 10.4. The van der Waals surface area contributed by atoms with E-state index in [1.807, 2.05) is 45.0 Å². The first-order chi connectivity index (χ1) is 15.3. The molecule has 0 fully saturated rings. The molecule has 0 aliphatic carbocycles. The van der Waals surface area contributed by atoms with E-state index in [1.165, 1.54) is 4.90 Å². The zero-order chi connectivity index (χ0) is 23.3. The lowest BCUT2D eigenvalue weighted by atomic mass is 10.1. The molecule has 3 aromatic carbocycles. The standard InChI is InChI=1S/C26H27N3O3/c1-17-13-14-21(15-22(17)27-25(31)20-11-6-5-7-12-20)26(32)29(4)16-23(30)28-24-18(2)9-8-10-19(24)3/h5-15H,16H2,1-4H3,(H,27,31)(H,28,30). The van der Waals surface area contributed by atoms with E-state index in [-0.39, 0.29) is 24.3 Å². The maximum absolute atomic E-state index is 12.9. The minimum absolute atomic E-state index is 0.0911. The monoisotopic (exact) mass is 429 g/mol. The number of amides is 3. The molecule has 6 nitrogen and oxygen atoms in total. The molecule has 0 spiro atoms. The number of carbonyl (C=O) groups is 3. The average Bonchev–Trinajstić information content (AvgIpc) is 2.78. The minimum atomic E-state index is -0.308. The first-order valence-corrected chi connectivity index (χ1v) is 10.3. The zero-order valence-corrected chi connectivity index (χ0v) is 18.7. The molecule has 0 saturated heterocycles. The van der Waals surface area contributed by atoms with Crippen LogP contribution in [0, 0.1) is 20.8 Å². The van der Waals surface area contributed by atoms with Crippen LogP contribution in [0.3, 0.4) is 0 Å². The highest BCUT2D eigenvalue weighted by Crippen LogP contribution is 2.21. The fourth-order valence-corrected chi connectivity index (χ4v) is 3.37. The molecular weight excluding hydrogens is 402 g/mol. The van der Waals surface area contributed by atoms with Gasteiger partial charge in [-0.05, 0) is 61.7 Å². The highest BCUT2D eigenvalue weighted by atomic mass is 16.2. The Morgan fingerprint density at radius 1 is 0.750 bits per heavy atom. The number of likely N-dealkylation sites (N-methyl/N-ethyl adjacent to an activating group) is 1. The van der Waals surface area contributed by atoms with E-state index in [2.05, 4.69) is 10.6 Å². The molecule has 3 rings (SSSR count). The fourth-order valence-electron chi connectivity index (χ4n) is 3.37. The summed E-state index contributed by atoms with van der Waals surface area (Å²) in [7, 11) is 1.58. The molecule has 32 heavy (non-hydrogen) atoms. The Labute approximate surface area is 188 Å². The number of hydrogen-bond donors (Lipinski definition) is 2. The first kappa shape index (κ1) is 22.7. The van der Waals surface area contributed by atoms with Gasteiger partial charge in [0, 0.05) is 29.5 Å². The predicted molar refractivity (Wildman–Crippen MR) is 127 cm³/mol. The van der Waals surface area contributed by atoms with Crippen LogP contribution in [0.5, 0.6) is 0 Å². The molecule has 0 atom stereocenters. The summed E-state index contributed by atoms with van der Waals surface area (Å²) in [5.74, 6) is -0.834. The van der Waals surface area contributed by atoms with Gasteiger partial charge in [0.2, 0.25) is 5.91 Å². The van der Waals surface area contributed by atoms with Gasteiger partial charge in [-0.15, -0.1) is 0 Å². The molecule has 6 heteroatoms. The van der Waals surface area contributed by atoms with E-state index in [9.17, 15) is 14.4 Å². The molecule has 0 aromatic heterocycles. The SMILES string of the molecule is Cc1ccc(C(=O)N(C)CC(=O)Nc2c(C)cccc2C)cc1NC(=O)c1ccccc1. The van der Waals surface area contributed by atoms with Crippen LogP contribution in [0.2, 0.25) is 0 Å². The highest BCUT2D eigenvalue weighted by molar-refractivity contribution is 6.06. The Hall–Kier alpha value is -3.93. The van der Waals surface area contributed by atoms with Crippen molar-refractivity contribution in [2.45, 2.75) is 20.8 Å². The number of para-hydroxylation sites is 1. The summed E-state index contributed by atoms with van der Waals surface area (Å²) in [4.78, 5) is 39.3. The van der Waals surface area contributed by atoms with Crippen LogP contribution in [-0.4, -0.2) is 36.2 Å². The number of aryl methyl sites for hydroxylation is 3. The van der Waals surface area contributed by atoms with Gasteiger partial charge in [-0.1, -0.05) is 42.5 Å². The van der Waals surface area contributed by atoms with Crippen molar-refractivity contribution in [3.8, 4) is 0 Å². The molecule has 0 radical (unpaired) electrons. The van der Waals surface area contributed by atoms with E-state index in [4.69, 9.17) is 0 Å². The molecule has 0 aliphatic rings. The topological polar surface area (TPSA) is 78.5 Å². The number of nitrogens with zero attached hydrogens (tertiary/aromatic N) is 1. The Morgan fingerprint density at radius 2 is 1.41 bits per heavy atom. The van der Waals surface area contributed by atoms with Crippen LogP contribution in [-0.2, 0) is 4.79 Å². The van der Waals surface area contributed by atoms with E-state index in [0.29, 0.717) is 16.8 Å². The van der Waals surface area contributed by atoms with Crippen molar-refractivity contribution < 1.29 is 14.4 Å². The molecule has 0 aliphatic heterocycles. The Kier molecular flexibility index (Phi) is 7.05. The van der Waals surface area contributed by atoms with Crippen LogP contribution in [0.15, 0.2) is 66.7 Å². The number of hydrogen-bond acceptors (Lipinski definition) is 3. The van der Waals surface area contributed by atoms with Crippen LogP contribution in [0.1, 0.15) is 37.4 Å². The first-order valence-electron chi connectivity index (χ1n) is 10.3. The van der Waals surface area contributed by atoms with Crippen molar-refractivity contribution >= 4 is 29.1 Å². The van der Waals surface area contributed by atoms with Gasteiger partial charge in [0.15, 0.2) is 0 Å². The Bertz CT molecular complexity index is 1140. The van der Waals surface area contributed by atoms with Crippen molar-refractivity contribution in [2.24, 2.45) is 0 Å². The van der Waals surface area contributed by atoms with Crippen LogP contribution >= 0.6 is 0 Å². The number of nitrogens with one attached hydrogen (secondary N) is 2. The second-order valence-corrected chi connectivity index (χ2v) is 7.83. The molecule has 2 N–H and O–H groups in total. The highest BCUT2D eigenvalue weighted by Gasteiger charge is 2.18. The molecule has 164 valence electrons. The summed E-state index contributed by atoms with van der Waals surface area (Å²) >= 11 is 0. The summed E-state index contributed by atoms with van der Waals surface area (Å²) in [6, 6.07) is 19.8. The predicted octanol–water partition coefficient (Wildman–Crippen LogP) is 4.57. The van der Waals surface area contributed by atoms with E-state index in [0.717, 1.165) is 22.4 Å². The van der Waals surface area contributed by atoms with E-state index >= 15 is 0 Å². The van der Waals surface area contributed by atoms with Crippen LogP contribution in [0.4, 0.5) is 11.4 Å². The summed E-state index contributed by atoms with van der Waals surface area (Å²) < 4.78 is 0. The lowest BCUT2D eigenvalue weighted by Crippen LogP contribution is -2.35. The summed E-state index contributed by atoms with van der Waals surface area (Å²) in [5.41, 5.74) is 5.00. The number of rotatable bonds is 6. The van der Waals surface area contributed by atoms with Crippen molar-refractivity contribution in [3.63, 3.8) is 0 Å². The quantitative estimate of drug-likeness (QED) is 0.602. The van der Waals surface area contributed by atoms with Gasteiger partial charge in [0.25, 0.3) is 11.8 Å². The van der Waals surface area contributed by atoms with E-state index in [1.54, 1.807) is 49.5 Å². The van der Waals surface area contributed by atoms with Crippen LogP contribution < -0.4 is 10.6 Å². The van der Waals surface area contributed by atoms with Crippen molar-refractivity contribution in [1.82, 2.24) is 4.90 Å². The molecule has 3 aromatic rings. The summed E-state index contributed by atoms with van der Waals surface area (Å²) in [6.45, 7) is 5.62. The lowest BCUT2D eigenvalue weighted by molar-refractivity contribution is -0.116. The fraction of sp³-hybridized carbons (Fsp3) is 0.192. The second kappa shape index (κ2) is 9.92. The maximum atomic E-state index is 12.9. The van der Waals surface area contributed by atoms with Gasteiger partial charge >= 0.3 is 0 Å². The second-order valence-electron chi connectivity index (χ2n) is 7.83. The third-order valence-electron chi connectivity index (χ3n) is 5.24. The van der Waals surface area contributed by atoms with Gasteiger partial charge in [-0.3, -0.25) is 14.4 Å². The number of carbonyl (C=O) groups excluding carboxylic acids is 3.